The Morgan fingerprint density at radius 3 is 1.07 bits per heavy atom. The quantitative estimate of drug-likeness (QED) is 0.0525. The van der Waals surface area contributed by atoms with Crippen LogP contribution in [-0.4, -0.2) is 53.2 Å². The maximum atomic E-state index is 12.5. The van der Waals surface area contributed by atoms with E-state index in [1.807, 2.05) is 97.1 Å². The first-order chi connectivity index (χ1) is 34.1. The third kappa shape index (κ3) is 11.2. The molecule has 1 aliphatic rings. The first-order valence-electron chi connectivity index (χ1n) is 22.5. The Labute approximate surface area is 442 Å². The maximum Gasteiger partial charge on any atom is 1.00 e. The molecule has 8 aromatic carbocycles. The minimum absolute atomic E-state index is 0. The molecule has 0 radical (unpaired) electrons. The third-order valence-corrected chi connectivity index (χ3v) is 14.4. The molecular weight excluding hydrogens is 938 g/mol. The average Bonchev–Trinajstić information content (AvgIpc) is 3.40. The SMILES string of the molecule is CC#CC(CCN1c2cc(-c3ccc(N(c4ccc(OC)cc4)c4ccc(OC)cc4)cc3)ccc2Sc2ccc(-c3ccc(N(c4ccc(OC)cc4)c4ccc(OC)cc4)cc3)cc21)S(=O)(=O)[O-].[Na+]. The van der Waals surface area contributed by atoms with Crippen LogP contribution in [0.25, 0.3) is 22.3 Å². The van der Waals surface area contributed by atoms with E-state index in [9.17, 15) is 13.0 Å². The van der Waals surface area contributed by atoms with Crippen molar-refractivity contribution in [1.82, 2.24) is 0 Å². The predicted octanol–water partition coefficient (Wildman–Crippen LogP) is 10.9. The van der Waals surface area contributed by atoms with Crippen molar-refractivity contribution in [2.75, 3.05) is 49.7 Å². The summed E-state index contributed by atoms with van der Waals surface area (Å²) in [6, 6.07) is 61.3. The van der Waals surface area contributed by atoms with Crippen LogP contribution in [0.5, 0.6) is 23.0 Å². The Balaban J connectivity index is 0.00000676. The minimum atomic E-state index is -4.69. The van der Waals surface area contributed by atoms with E-state index >= 15 is 0 Å². The summed E-state index contributed by atoms with van der Waals surface area (Å²) in [6.07, 6.45) is 0.0210. The second-order valence-electron chi connectivity index (χ2n) is 16.3. The molecule has 1 atom stereocenters. The Morgan fingerprint density at radius 1 is 0.493 bits per heavy atom. The van der Waals surface area contributed by atoms with Gasteiger partial charge in [-0.2, -0.15) is 0 Å². The van der Waals surface area contributed by atoms with E-state index in [0.29, 0.717) is 0 Å². The van der Waals surface area contributed by atoms with Gasteiger partial charge in [0, 0.05) is 50.5 Å². The fraction of sp³-hybridized carbons (Fsp3) is 0.138. The van der Waals surface area contributed by atoms with E-state index in [1.54, 1.807) is 47.1 Å². The number of nitrogens with zero attached hydrogens (tertiary/aromatic N) is 3. The Kier molecular flexibility index (Phi) is 16.0. The van der Waals surface area contributed by atoms with Crippen molar-refractivity contribution in [2.45, 2.75) is 28.4 Å². The number of hydrogen-bond donors (Lipinski definition) is 0. The summed E-state index contributed by atoms with van der Waals surface area (Å²) < 4.78 is 59.3. The van der Waals surface area contributed by atoms with Gasteiger partial charge in [0.25, 0.3) is 0 Å². The zero-order chi connectivity index (χ0) is 48.8. The molecule has 0 aliphatic carbocycles. The van der Waals surface area contributed by atoms with Crippen molar-refractivity contribution < 1.29 is 61.5 Å². The van der Waals surface area contributed by atoms with Crippen LogP contribution in [0.4, 0.5) is 45.5 Å². The zero-order valence-electron chi connectivity index (χ0n) is 40.3. The van der Waals surface area contributed by atoms with E-state index in [1.165, 1.54) is 0 Å². The number of fused-ring (bicyclic) bond motifs is 2. The van der Waals surface area contributed by atoms with Gasteiger partial charge in [-0.25, -0.2) is 8.42 Å². The van der Waals surface area contributed by atoms with Gasteiger partial charge in [-0.3, -0.25) is 0 Å². The number of rotatable bonds is 16. The smallest absolute Gasteiger partial charge is 0.747 e. The summed E-state index contributed by atoms with van der Waals surface area (Å²) in [5.41, 5.74) is 11.5. The van der Waals surface area contributed by atoms with Crippen LogP contribution in [0.2, 0.25) is 0 Å². The summed E-state index contributed by atoms with van der Waals surface area (Å²) in [5.74, 6) is 8.40. The van der Waals surface area contributed by atoms with E-state index in [0.717, 1.165) is 101 Å². The number of anilines is 8. The van der Waals surface area contributed by atoms with Crippen molar-refractivity contribution in [1.29, 1.82) is 0 Å². The molecule has 352 valence electrons. The summed E-state index contributed by atoms with van der Waals surface area (Å²) in [5, 5.41) is -1.36. The minimum Gasteiger partial charge on any atom is -0.747 e. The molecule has 10 nitrogen and oxygen atoms in total. The Morgan fingerprint density at radius 2 is 0.789 bits per heavy atom. The molecule has 13 heteroatoms. The molecule has 0 aromatic heterocycles. The first kappa shape index (κ1) is 50.6. The van der Waals surface area contributed by atoms with Crippen molar-refractivity contribution in [3.8, 4) is 57.1 Å². The number of ether oxygens (including phenoxy) is 4. The summed E-state index contributed by atoms with van der Waals surface area (Å²) in [6.45, 7) is 1.79. The number of benzene rings is 8. The van der Waals surface area contributed by atoms with Crippen molar-refractivity contribution in [3.05, 3.63) is 182 Å². The zero-order valence-corrected chi connectivity index (χ0v) is 44.0. The van der Waals surface area contributed by atoms with Crippen LogP contribution >= 0.6 is 11.8 Å². The molecule has 1 unspecified atom stereocenters. The van der Waals surface area contributed by atoms with Crippen LogP contribution in [0.1, 0.15) is 13.3 Å². The molecule has 9 rings (SSSR count). The molecule has 0 saturated heterocycles. The average molecular weight is 988 g/mol. The molecule has 0 bridgehead atoms. The number of methoxy groups -OCH3 is 4. The van der Waals surface area contributed by atoms with Crippen molar-refractivity contribution >= 4 is 67.4 Å². The summed E-state index contributed by atoms with van der Waals surface area (Å²) >= 11 is 1.66. The van der Waals surface area contributed by atoms with Crippen LogP contribution < -0.4 is 63.2 Å². The molecule has 8 aromatic rings. The van der Waals surface area contributed by atoms with Gasteiger partial charge in [-0.05, 0) is 181 Å². The fourth-order valence-electron chi connectivity index (χ4n) is 8.60. The Bertz CT molecular complexity index is 2990. The summed E-state index contributed by atoms with van der Waals surface area (Å²) in [4.78, 5) is 8.50. The van der Waals surface area contributed by atoms with Gasteiger partial charge in [-0.1, -0.05) is 54.1 Å². The molecule has 1 heterocycles. The molecule has 0 fully saturated rings. The molecule has 0 spiro atoms. The van der Waals surface area contributed by atoms with Crippen LogP contribution in [0, 0.1) is 11.8 Å². The predicted molar refractivity (Wildman–Crippen MR) is 282 cm³/mol. The van der Waals surface area contributed by atoms with Gasteiger partial charge in [0.15, 0.2) is 0 Å². The van der Waals surface area contributed by atoms with Crippen molar-refractivity contribution in [3.63, 3.8) is 0 Å². The van der Waals surface area contributed by atoms with E-state index < -0.39 is 15.4 Å². The topological polar surface area (TPSA) is 104 Å². The van der Waals surface area contributed by atoms with Gasteiger partial charge in [0.2, 0.25) is 0 Å². The van der Waals surface area contributed by atoms with E-state index in [2.05, 4.69) is 111 Å². The van der Waals surface area contributed by atoms with Crippen molar-refractivity contribution in [2.24, 2.45) is 0 Å². The first-order valence-corrected chi connectivity index (χ1v) is 24.8. The van der Waals surface area contributed by atoms with Gasteiger partial charge in [-0.15, -0.1) is 5.92 Å². The normalized spacial score (nSPS) is 11.9. The molecular formula is C58H50N3NaO7S2. The van der Waals surface area contributed by atoms with Gasteiger partial charge >= 0.3 is 29.6 Å². The van der Waals surface area contributed by atoms with Crippen LogP contribution in [0.15, 0.2) is 192 Å². The molecule has 71 heavy (non-hydrogen) atoms. The summed E-state index contributed by atoms with van der Waals surface area (Å²) in [7, 11) is 1.93. The van der Waals surface area contributed by atoms with Crippen LogP contribution in [-0.2, 0) is 10.1 Å². The molecule has 0 amide bonds. The van der Waals surface area contributed by atoms with Gasteiger partial charge in [0.05, 0.1) is 39.8 Å². The van der Waals surface area contributed by atoms with Gasteiger partial charge in [0.1, 0.15) is 38.4 Å². The van der Waals surface area contributed by atoms with E-state index in [4.69, 9.17) is 18.9 Å². The van der Waals surface area contributed by atoms with Gasteiger partial charge < -0.3 is 38.2 Å². The third-order valence-electron chi connectivity index (χ3n) is 12.2. The monoisotopic (exact) mass is 987 g/mol. The fourth-order valence-corrected chi connectivity index (χ4v) is 10.3. The van der Waals surface area contributed by atoms with Crippen LogP contribution in [0.3, 0.4) is 0 Å². The second kappa shape index (κ2) is 22.5. The molecule has 0 N–H and O–H groups in total. The standard InChI is InChI=1S/C58H51N3O7S2.Na/c1-6-7-54(70(62,63)64)36-37-59-55-38-42(40-8-14-44(15-9-40)60(46-18-26-50(65-2)27-19-46)47-20-28-51(66-3)29-21-47)12-34-57(55)69-58-35-13-43(39-56(58)59)41-10-16-45(17-11-41)61(48-22-30-52(67-4)31-23-48)49-24-32-53(68-5)33-25-49;/h8-35,38-39,54H,36-37H2,1-5H3,(H,62,63,64);/q;+1/p-1. The second-order valence-corrected chi connectivity index (χ2v) is 19.0. The molecule has 1 aliphatic heterocycles. The number of hydrogen-bond acceptors (Lipinski definition) is 11. The van der Waals surface area contributed by atoms with E-state index in [-0.39, 0.29) is 42.5 Å². The molecule has 0 saturated carbocycles. The maximum absolute atomic E-state index is 12.5. The largest absolute Gasteiger partial charge is 1.00 e. The Hall–Kier alpha value is -6.82.